The molecule has 1 aliphatic carbocycles. The fourth-order valence-corrected chi connectivity index (χ4v) is 4.17. The zero-order valence-corrected chi connectivity index (χ0v) is 15.5. The molecular formula is C20H30FN3O2. The Labute approximate surface area is 155 Å². The number of hydrogen-bond donors (Lipinski definition) is 2. The first-order valence-electron chi connectivity index (χ1n) is 9.61. The Kier molecular flexibility index (Phi) is 6.27. The molecule has 3 rings (SSSR count). The minimum Gasteiger partial charge on any atom is -0.379 e. The van der Waals surface area contributed by atoms with Crippen LogP contribution in [0.1, 0.15) is 44.2 Å². The van der Waals surface area contributed by atoms with E-state index in [1.54, 1.807) is 12.1 Å². The van der Waals surface area contributed by atoms with Crippen molar-refractivity contribution in [3.8, 4) is 0 Å². The summed E-state index contributed by atoms with van der Waals surface area (Å²) in [5.74, 6) is -0.396. The third-order valence-electron chi connectivity index (χ3n) is 5.76. The lowest BCUT2D eigenvalue weighted by atomic mass is 9.74. The third kappa shape index (κ3) is 4.61. The van der Waals surface area contributed by atoms with Crippen molar-refractivity contribution in [1.29, 1.82) is 0 Å². The molecule has 1 heterocycles. The Morgan fingerprint density at radius 3 is 2.88 bits per heavy atom. The zero-order valence-electron chi connectivity index (χ0n) is 15.5. The molecule has 26 heavy (non-hydrogen) atoms. The number of benzene rings is 1. The van der Waals surface area contributed by atoms with E-state index in [1.807, 2.05) is 13.0 Å². The van der Waals surface area contributed by atoms with Crippen molar-refractivity contribution in [2.75, 3.05) is 32.8 Å². The smallest absolute Gasteiger partial charge is 0.225 e. The molecule has 3 atom stereocenters. The van der Waals surface area contributed by atoms with Gasteiger partial charge in [0.05, 0.1) is 25.2 Å². The third-order valence-corrected chi connectivity index (χ3v) is 5.76. The standard InChI is InChI=1S/C20H30FN3O2/c1-20(22)8-3-2-7-17(20)19(25)23-14-18(24-9-11-26-12-10-24)15-5-4-6-16(21)13-15/h4-6,13,17-18H,2-3,7-12,14,22H2,1H3,(H,23,25). The first-order chi connectivity index (χ1) is 12.5. The quantitative estimate of drug-likeness (QED) is 0.842. The average molecular weight is 363 g/mol. The molecule has 0 aromatic heterocycles. The maximum absolute atomic E-state index is 13.7. The van der Waals surface area contributed by atoms with Gasteiger partial charge in [-0.25, -0.2) is 4.39 Å². The summed E-state index contributed by atoms with van der Waals surface area (Å²) in [4.78, 5) is 15.0. The van der Waals surface area contributed by atoms with Gasteiger partial charge in [-0.05, 0) is 37.5 Å². The van der Waals surface area contributed by atoms with Crippen molar-refractivity contribution < 1.29 is 13.9 Å². The highest BCUT2D eigenvalue weighted by atomic mass is 19.1. The van der Waals surface area contributed by atoms with Gasteiger partial charge in [-0.15, -0.1) is 0 Å². The molecule has 1 amide bonds. The molecule has 2 aliphatic rings. The molecule has 144 valence electrons. The number of rotatable bonds is 5. The van der Waals surface area contributed by atoms with Crippen LogP contribution in [-0.4, -0.2) is 49.2 Å². The van der Waals surface area contributed by atoms with Crippen molar-refractivity contribution in [3.63, 3.8) is 0 Å². The minimum atomic E-state index is -0.449. The van der Waals surface area contributed by atoms with Gasteiger partial charge in [-0.3, -0.25) is 9.69 Å². The Bertz CT molecular complexity index is 617. The van der Waals surface area contributed by atoms with Gasteiger partial charge in [0.15, 0.2) is 0 Å². The summed E-state index contributed by atoms with van der Waals surface area (Å²) in [6.07, 6.45) is 3.83. The summed E-state index contributed by atoms with van der Waals surface area (Å²) in [5.41, 5.74) is 6.80. The highest BCUT2D eigenvalue weighted by Crippen LogP contribution is 2.32. The number of morpholine rings is 1. The number of nitrogens with one attached hydrogen (secondary N) is 1. The Hall–Kier alpha value is -1.50. The van der Waals surface area contributed by atoms with Gasteiger partial charge in [0.2, 0.25) is 5.91 Å². The summed E-state index contributed by atoms with van der Waals surface area (Å²) in [5, 5.41) is 3.10. The fraction of sp³-hybridized carbons (Fsp3) is 0.650. The van der Waals surface area contributed by atoms with Gasteiger partial charge in [0, 0.05) is 25.2 Å². The molecular weight excluding hydrogens is 333 g/mol. The molecule has 1 saturated carbocycles. The zero-order chi connectivity index (χ0) is 18.6. The summed E-state index contributed by atoms with van der Waals surface area (Å²) in [6, 6.07) is 6.58. The molecule has 3 N–H and O–H groups in total. The maximum atomic E-state index is 13.7. The van der Waals surface area contributed by atoms with E-state index in [2.05, 4.69) is 10.2 Å². The van der Waals surface area contributed by atoms with Crippen LogP contribution in [0, 0.1) is 11.7 Å². The van der Waals surface area contributed by atoms with E-state index >= 15 is 0 Å². The molecule has 0 radical (unpaired) electrons. The topological polar surface area (TPSA) is 67.6 Å². The predicted octanol–water partition coefficient (Wildman–Crippen LogP) is 2.22. The molecule has 0 bridgehead atoms. The van der Waals surface area contributed by atoms with Crippen molar-refractivity contribution >= 4 is 5.91 Å². The van der Waals surface area contributed by atoms with Gasteiger partial charge in [0.25, 0.3) is 0 Å². The van der Waals surface area contributed by atoms with E-state index in [0.717, 1.165) is 44.3 Å². The normalized spacial score (nSPS) is 28.5. The lowest BCUT2D eigenvalue weighted by Gasteiger charge is -2.38. The monoisotopic (exact) mass is 363 g/mol. The van der Waals surface area contributed by atoms with Crippen LogP contribution >= 0.6 is 0 Å². The van der Waals surface area contributed by atoms with Crippen molar-refractivity contribution in [1.82, 2.24) is 10.2 Å². The van der Waals surface area contributed by atoms with Crippen LogP contribution in [0.15, 0.2) is 24.3 Å². The van der Waals surface area contributed by atoms with Gasteiger partial charge < -0.3 is 15.8 Å². The highest BCUT2D eigenvalue weighted by Gasteiger charge is 2.38. The summed E-state index contributed by atoms with van der Waals surface area (Å²) < 4.78 is 19.2. The maximum Gasteiger partial charge on any atom is 0.225 e. The van der Waals surface area contributed by atoms with E-state index < -0.39 is 5.54 Å². The van der Waals surface area contributed by atoms with Gasteiger partial charge in [-0.1, -0.05) is 25.0 Å². The van der Waals surface area contributed by atoms with E-state index in [1.165, 1.54) is 6.07 Å². The van der Waals surface area contributed by atoms with Crippen molar-refractivity contribution in [3.05, 3.63) is 35.6 Å². The van der Waals surface area contributed by atoms with E-state index in [4.69, 9.17) is 10.5 Å². The summed E-state index contributed by atoms with van der Waals surface area (Å²) in [6.45, 7) is 5.29. The molecule has 1 aliphatic heterocycles. The van der Waals surface area contributed by atoms with Crippen LogP contribution in [0.4, 0.5) is 4.39 Å². The van der Waals surface area contributed by atoms with E-state index in [9.17, 15) is 9.18 Å². The second-order valence-electron chi connectivity index (χ2n) is 7.77. The van der Waals surface area contributed by atoms with E-state index in [-0.39, 0.29) is 23.7 Å². The Morgan fingerprint density at radius 1 is 1.42 bits per heavy atom. The number of hydrogen-bond acceptors (Lipinski definition) is 4. The number of ether oxygens (including phenoxy) is 1. The lowest BCUT2D eigenvalue weighted by Crippen LogP contribution is -2.54. The lowest BCUT2D eigenvalue weighted by molar-refractivity contribution is -0.128. The first-order valence-corrected chi connectivity index (χ1v) is 9.61. The molecule has 1 aromatic carbocycles. The summed E-state index contributed by atoms with van der Waals surface area (Å²) >= 11 is 0. The molecule has 1 saturated heterocycles. The van der Waals surface area contributed by atoms with Gasteiger partial charge in [-0.2, -0.15) is 0 Å². The molecule has 0 spiro atoms. The number of nitrogens with zero attached hydrogens (tertiary/aromatic N) is 1. The van der Waals surface area contributed by atoms with Crippen LogP contribution in [-0.2, 0) is 9.53 Å². The predicted molar refractivity (Wildman–Crippen MR) is 99.1 cm³/mol. The molecule has 5 nitrogen and oxygen atoms in total. The van der Waals surface area contributed by atoms with Crippen molar-refractivity contribution in [2.45, 2.75) is 44.2 Å². The minimum absolute atomic E-state index is 0.0179. The van der Waals surface area contributed by atoms with E-state index in [0.29, 0.717) is 19.8 Å². The second-order valence-corrected chi connectivity index (χ2v) is 7.77. The average Bonchev–Trinajstić information content (AvgIpc) is 2.62. The first kappa shape index (κ1) is 19.3. The van der Waals surface area contributed by atoms with Crippen LogP contribution in [0.3, 0.4) is 0 Å². The van der Waals surface area contributed by atoms with Gasteiger partial charge in [0.1, 0.15) is 5.82 Å². The Balaban J connectivity index is 1.70. The number of carbonyl (C=O) groups excluding carboxylic acids is 1. The van der Waals surface area contributed by atoms with Crippen LogP contribution in [0.2, 0.25) is 0 Å². The SMILES string of the molecule is CC1(N)CCCCC1C(=O)NCC(c1cccc(F)c1)N1CCOCC1. The number of carbonyl (C=O) groups is 1. The van der Waals surface area contributed by atoms with Crippen LogP contribution in [0.25, 0.3) is 0 Å². The fourth-order valence-electron chi connectivity index (χ4n) is 4.17. The largest absolute Gasteiger partial charge is 0.379 e. The number of nitrogens with two attached hydrogens (primary N) is 1. The van der Waals surface area contributed by atoms with Crippen LogP contribution in [0.5, 0.6) is 0 Å². The number of amides is 1. The molecule has 1 aromatic rings. The molecule has 6 heteroatoms. The number of halogens is 1. The molecule has 2 fully saturated rings. The van der Waals surface area contributed by atoms with Gasteiger partial charge >= 0.3 is 0 Å². The summed E-state index contributed by atoms with van der Waals surface area (Å²) in [7, 11) is 0. The second kappa shape index (κ2) is 8.46. The highest BCUT2D eigenvalue weighted by molar-refractivity contribution is 5.80. The van der Waals surface area contributed by atoms with Crippen LogP contribution < -0.4 is 11.1 Å². The van der Waals surface area contributed by atoms with Crippen molar-refractivity contribution in [2.24, 2.45) is 11.7 Å². The Morgan fingerprint density at radius 2 is 2.19 bits per heavy atom. The molecule has 3 unspecified atom stereocenters.